The molecule has 1 aromatic carbocycles. The molecule has 5 heteroatoms. The lowest BCUT2D eigenvalue weighted by atomic mass is 10.3. The molecular formula is C7H10Cl2N2O. The standard InChI is InChI=1S/C7H8N2O.2ClH/c8-9-5-10-7-4-2-1-3-6(7)9;;/h1-4H,5,8H2;2*1H. The summed E-state index contributed by atoms with van der Waals surface area (Å²) in [5.41, 5.74) is 0.961. The van der Waals surface area contributed by atoms with Gasteiger partial charge in [-0.2, -0.15) is 0 Å². The molecule has 0 unspecified atom stereocenters. The van der Waals surface area contributed by atoms with Crippen LogP contribution in [0, 0.1) is 0 Å². The normalized spacial score (nSPS) is 12.2. The largest absolute Gasteiger partial charge is 0.470 e. The van der Waals surface area contributed by atoms with Crippen LogP contribution in [0.3, 0.4) is 0 Å². The van der Waals surface area contributed by atoms with Crippen molar-refractivity contribution in [1.29, 1.82) is 0 Å². The molecule has 0 atom stereocenters. The molecule has 1 aromatic rings. The van der Waals surface area contributed by atoms with Gasteiger partial charge in [0.25, 0.3) is 0 Å². The summed E-state index contributed by atoms with van der Waals surface area (Å²) < 4.78 is 5.21. The average molecular weight is 209 g/mol. The van der Waals surface area contributed by atoms with Gasteiger partial charge in [-0.05, 0) is 12.1 Å². The van der Waals surface area contributed by atoms with E-state index in [1.54, 1.807) is 5.01 Å². The highest BCUT2D eigenvalue weighted by atomic mass is 35.5. The molecule has 0 amide bonds. The van der Waals surface area contributed by atoms with E-state index < -0.39 is 0 Å². The Morgan fingerprint density at radius 2 is 1.92 bits per heavy atom. The van der Waals surface area contributed by atoms with Crippen LogP contribution in [0.2, 0.25) is 0 Å². The second-order valence-electron chi connectivity index (χ2n) is 2.21. The number of anilines is 1. The van der Waals surface area contributed by atoms with Gasteiger partial charge < -0.3 is 4.74 Å². The van der Waals surface area contributed by atoms with Crippen molar-refractivity contribution in [2.75, 3.05) is 11.7 Å². The number of para-hydroxylation sites is 2. The van der Waals surface area contributed by atoms with Crippen LogP contribution in [0.15, 0.2) is 24.3 Å². The highest BCUT2D eigenvalue weighted by molar-refractivity contribution is 5.85. The third-order valence-electron chi connectivity index (χ3n) is 1.53. The van der Waals surface area contributed by atoms with Crippen molar-refractivity contribution in [3.05, 3.63) is 24.3 Å². The zero-order valence-electron chi connectivity index (χ0n) is 6.27. The van der Waals surface area contributed by atoms with Gasteiger partial charge in [0.1, 0.15) is 5.75 Å². The van der Waals surface area contributed by atoms with Crippen LogP contribution in [0.1, 0.15) is 0 Å². The minimum atomic E-state index is 0. The average Bonchev–Trinajstić information content (AvgIpc) is 2.34. The molecule has 3 nitrogen and oxygen atoms in total. The first-order valence-electron chi connectivity index (χ1n) is 3.12. The highest BCUT2D eigenvalue weighted by Crippen LogP contribution is 2.30. The molecule has 0 radical (unpaired) electrons. The first-order valence-corrected chi connectivity index (χ1v) is 3.12. The molecule has 0 saturated heterocycles. The molecule has 1 aliphatic rings. The van der Waals surface area contributed by atoms with E-state index in [-0.39, 0.29) is 24.8 Å². The maximum atomic E-state index is 5.55. The second kappa shape index (κ2) is 4.40. The number of fused-ring (bicyclic) bond motifs is 1. The molecule has 1 aliphatic heterocycles. The van der Waals surface area contributed by atoms with Crippen LogP contribution in [-0.4, -0.2) is 6.73 Å². The Morgan fingerprint density at radius 3 is 2.58 bits per heavy atom. The fraction of sp³-hybridized carbons (Fsp3) is 0.143. The number of benzene rings is 1. The third-order valence-corrected chi connectivity index (χ3v) is 1.53. The number of hydrogen-bond acceptors (Lipinski definition) is 3. The van der Waals surface area contributed by atoms with E-state index in [9.17, 15) is 0 Å². The Bertz CT molecular complexity index is 257. The maximum Gasteiger partial charge on any atom is 0.175 e. The quantitative estimate of drug-likeness (QED) is 0.659. The van der Waals surface area contributed by atoms with Crippen molar-refractivity contribution in [2.24, 2.45) is 5.84 Å². The van der Waals surface area contributed by atoms with Crippen LogP contribution in [0.4, 0.5) is 5.69 Å². The van der Waals surface area contributed by atoms with Crippen LogP contribution >= 0.6 is 24.8 Å². The molecule has 0 spiro atoms. The van der Waals surface area contributed by atoms with Crippen molar-refractivity contribution in [3.63, 3.8) is 0 Å². The monoisotopic (exact) mass is 208 g/mol. The fourth-order valence-electron chi connectivity index (χ4n) is 1.03. The minimum Gasteiger partial charge on any atom is -0.470 e. The smallest absolute Gasteiger partial charge is 0.175 e. The van der Waals surface area contributed by atoms with Gasteiger partial charge in [-0.25, -0.2) is 5.84 Å². The molecule has 0 bridgehead atoms. The van der Waals surface area contributed by atoms with Crippen LogP contribution in [0.25, 0.3) is 0 Å². The molecule has 68 valence electrons. The fourth-order valence-corrected chi connectivity index (χ4v) is 1.03. The highest BCUT2D eigenvalue weighted by Gasteiger charge is 2.15. The van der Waals surface area contributed by atoms with E-state index in [0.29, 0.717) is 6.73 Å². The van der Waals surface area contributed by atoms with Gasteiger partial charge in [-0.1, -0.05) is 12.1 Å². The van der Waals surface area contributed by atoms with Crippen molar-refractivity contribution >= 4 is 30.5 Å². The van der Waals surface area contributed by atoms with Crippen molar-refractivity contribution in [1.82, 2.24) is 0 Å². The van der Waals surface area contributed by atoms with E-state index in [1.165, 1.54) is 0 Å². The predicted molar refractivity (Wildman–Crippen MR) is 53.1 cm³/mol. The topological polar surface area (TPSA) is 38.5 Å². The Labute approximate surface area is 83.3 Å². The van der Waals surface area contributed by atoms with Gasteiger partial charge >= 0.3 is 0 Å². The summed E-state index contributed by atoms with van der Waals surface area (Å²) in [6, 6.07) is 7.70. The lowest BCUT2D eigenvalue weighted by molar-refractivity contribution is 0.348. The van der Waals surface area contributed by atoms with Gasteiger partial charge in [0.2, 0.25) is 0 Å². The van der Waals surface area contributed by atoms with Gasteiger partial charge in [0.15, 0.2) is 6.73 Å². The molecule has 0 fully saturated rings. The Hall–Kier alpha value is -0.640. The van der Waals surface area contributed by atoms with Gasteiger partial charge in [-0.3, -0.25) is 5.01 Å². The van der Waals surface area contributed by atoms with E-state index in [2.05, 4.69) is 0 Å². The summed E-state index contributed by atoms with van der Waals surface area (Å²) in [5.74, 6) is 6.42. The molecule has 2 N–H and O–H groups in total. The number of rotatable bonds is 0. The van der Waals surface area contributed by atoms with Crippen LogP contribution in [0.5, 0.6) is 5.75 Å². The molecule has 0 aromatic heterocycles. The first kappa shape index (κ1) is 11.4. The lowest BCUT2D eigenvalue weighted by Crippen LogP contribution is -2.29. The van der Waals surface area contributed by atoms with Gasteiger partial charge in [0, 0.05) is 0 Å². The van der Waals surface area contributed by atoms with Crippen molar-refractivity contribution in [3.8, 4) is 5.75 Å². The van der Waals surface area contributed by atoms with E-state index >= 15 is 0 Å². The molecule has 0 saturated carbocycles. The Kier molecular flexibility index (Phi) is 4.17. The summed E-state index contributed by atoms with van der Waals surface area (Å²) in [7, 11) is 0. The molecular weight excluding hydrogens is 199 g/mol. The van der Waals surface area contributed by atoms with Gasteiger partial charge in [0.05, 0.1) is 5.69 Å². The lowest BCUT2D eigenvalue weighted by Gasteiger charge is -2.05. The molecule has 0 aliphatic carbocycles. The van der Waals surface area contributed by atoms with Crippen molar-refractivity contribution < 1.29 is 4.74 Å². The molecule has 12 heavy (non-hydrogen) atoms. The zero-order chi connectivity index (χ0) is 6.97. The molecule has 1 heterocycles. The van der Waals surface area contributed by atoms with Crippen LogP contribution in [-0.2, 0) is 0 Å². The van der Waals surface area contributed by atoms with Gasteiger partial charge in [-0.15, -0.1) is 24.8 Å². The number of hydrogen-bond donors (Lipinski definition) is 1. The number of nitrogens with two attached hydrogens (primary N) is 1. The first-order chi connectivity index (χ1) is 4.88. The Balaban J connectivity index is 0.000000605. The molecule has 2 rings (SSSR count). The number of ether oxygens (including phenoxy) is 1. The van der Waals surface area contributed by atoms with Crippen molar-refractivity contribution in [2.45, 2.75) is 0 Å². The Morgan fingerprint density at radius 1 is 1.25 bits per heavy atom. The maximum absolute atomic E-state index is 5.55. The van der Waals surface area contributed by atoms with E-state index in [4.69, 9.17) is 10.6 Å². The zero-order valence-corrected chi connectivity index (χ0v) is 7.90. The summed E-state index contributed by atoms with van der Waals surface area (Å²) in [5, 5.41) is 1.58. The SMILES string of the molecule is Cl.Cl.NN1COc2ccccc21. The summed E-state index contributed by atoms with van der Waals surface area (Å²) >= 11 is 0. The summed E-state index contributed by atoms with van der Waals surface area (Å²) in [6.07, 6.45) is 0. The minimum absolute atomic E-state index is 0. The third kappa shape index (κ3) is 1.75. The predicted octanol–water partition coefficient (Wildman–Crippen LogP) is 1.56. The number of hydrazine groups is 1. The van der Waals surface area contributed by atoms with E-state index in [1.807, 2.05) is 24.3 Å². The number of halogens is 2. The summed E-state index contributed by atoms with van der Waals surface area (Å²) in [6.45, 7) is 0.458. The number of nitrogens with zero attached hydrogens (tertiary/aromatic N) is 1. The van der Waals surface area contributed by atoms with E-state index in [0.717, 1.165) is 11.4 Å². The van der Waals surface area contributed by atoms with Crippen LogP contribution < -0.4 is 15.6 Å². The summed E-state index contributed by atoms with van der Waals surface area (Å²) in [4.78, 5) is 0. The second-order valence-corrected chi connectivity index (χ2v) is 2.21.